The quantitative estimate of drug-likeness (QED) is 0.251. The van der Waals surface area contributed by atoms with E-state index in [2.05, 4.69) is 58.1 Å². The Labute approximate surface area is 179 Å². The highest BCUT2D eigenvalue weighted by Crippen LogP contribution is 2.26. The normalized spacial score (nSPS) is 18.8. The van der Waals surface area contributed by atoms with Crippen LogP contribution in [0.15, 0.2) is 30.3 Å². The minimum atomic E-state index is -2.36. The molecule has 1 saturated carbocycles. The first-order valence-electron chi connectivity index (χ1n) is 11.2. The van der Waals surface area contributed by atoms with Crippen LogP contribution in [-0.2, 0) is 15.3 Å². The van der Waals surface area contributed by atoms with Gasteiger partial charge in [-0.05, 0) is 71.0 Å². The Morgan fingerprint density at radius 3 is 2.31 bits per heavy atom. The van der Waals surface area contributed by atoms with Gasteiger partial charge in [-0.15, -0.1) is 0 Å². The topological polar surface area (TPSA) is 73.7 Å². The summed E-state index contributed by atoms with van der Waals surface area (Å²) >= 11 is 0. The van der Waals surface area contributed by atoms with E-state index in [1.54, 1.807) is 0 Å². The predicted molar refractivity (Wildman–Crippen MR) is 123 cm³/mol. The van der Waals surface area contributed by atoms with Gasteiger partial charge in [0.1, 0.15) is 0 Å². The third-order valence-electron chi connectivity index (χ3n) is 5.51. The van der Waals surface area contributed by atoms with Crippen molar-refractivity contribution >= 4 is 8.56 Å². The van der Waals surface area contributed by atoms with Gasteiger partial charge in [-0.1, -0.05) is 49.6 Å². The number of nitrogens with two attached hydrogens (primary N) is 2. The number of hydrogen-bond donors (Lipinski definition) is 2. The van der Waals surface area contributed by atoms with Crippen molar-refractivity contribution in [3.63, 3.8) is 0 Å². The molecule has 1 aliphatic rings. The van der Waals surface area contributed by atoms with E-state index in [4.69, 9.17) is 20.4 Å². The van der Waals surface area contributed by atoms with Crippen molar-refractivity contribution in [2.45, 2.75) is 96.7 Å². The molecule has 1 unspecified atom stereocenters. The van der Waals surface area contributed by atoms with E-state index in [1.165, 1.54) is 37.7 Å². The van der Waals surface area contributed by atoms with Crippen LogP contribution in [0.5, 0.6) is 0 Å². The number of rotatable bonds is 10. The van der Waals surface area contributed by atoms with Crippen molar-refractivity contribution in [1.29, 1.82) is 0 Å². The fourth-order valence-corrected chi connectivity index (χ4v) is 6.89. The first-order chi connectivity index (χ1) is 13.6. The van der Waals surface area contributed by atoms with Gasteiger partial charge in [-0.25, -0.2) is 5.01 Å². The van der Waals surface area contributed by atoms with Crippen LogP contribution in [0.4, 0.5) is 0 Å². The maximum Gasteiger partial charge on any atom is 0.332 e. The maximum absolute atomic E-state index is 6.66. The summed E-state index contributed by atoms with van der Waals surface area (Å²) in [5.41, 5.74) is 7.71. The molecule has 166 valence electrons. The van der Waals surface area contributed by atoms with Crippen LogP contribution in [-0.4, -0.2) is 38.0 Å². The first-order valence-corrected chi connectivity index (χ1v) is 14.1. The summed E-state index contributed by atoms with van der Waals surface area (Å²) in [6.07, 6.45) is 7.71. The van der Waals surface area contributed by atoms with Crippen molar-refractivity contribution in [2.24, 2.45) is 17.5 Å². The fraction of sp³-hybridized carbons (Fsp3) is 0.739. The molecule has 29 heavy (non-hydrogen) atoms. The summed E-state index contributed by atoms with van der Waals surface area (Å²) in [7, 11) is -2.36. The number of hydrazine groups is 1. The van der Waals surface area contributed by atoms with Gasteiger partial charge in [-0.3, -0.25) is 5.84 Å². The predicted octanol–water partition coefficient (Wildman–Crippen LogP) is 4.56. The lowest BCUT2D eigenvalue weighted by molar-refractivity contribution is 0.00123. The largest absolute Gasteiger partial charge is 0.390 e. The van der Waals surface area contributed by atoms with Gasteiger partial charge < -0.3 is 14.6 Å². The summed E-state index contributed by atoms with van der Waals surface area (Å²) in [5, 5.41) is 1.83. The van der Waals surface area contributed by atoms with Crippen LogP contribution in [0.3, 0.4) is 0 Å². The zero-order chi connectivity index (χ0) is 21.5. The van der Waals surface area contributed by atoms with E-state index in [-0.39, 0.29) is 17.9 Å². The SMILES string of the molecule is CC(C)(C)O[Si](C)(C)O[C@H](CCc1ccccc1)C(N)N(N)CC1CCCCC1. The lowest BCUT2D eigenvalue weighted by Crippen LogP contribution is -2.58. The molecular weight excluding hydrogens is 378 g/mol. The lowest BCUT2D eigenvalue weighted by Gasteiger charge is -2.39. The molecule has 1 aromatic carbocycles. The van der Waals surface area contributed by atoms with E-state index >= 15 is 0 Å². The molecule has 0 saturated heterocycles. The second-order valence-corrected chi connectivity index (χ2v) is 13.2. The van der Waals surface area contributed by atoms with E-state index in [9.17, 15) is 0 Å². The van der Waals surface area contributed by atoms with E-state index in [1.807, 2.05) is 11.1 Å². The van der Waals surface area contributed by atoms with Gasteiger partial charge in [0.25, 0.3) is 0 Å². The summed E-state index contributed by atoms with van der Waals surface area (Å²) in [6, 6.07) is 10.5. The summed E-state index contributed by atoms with van der Waals surface area (Å²) in [5.74, 6) is 7.11. The summed E-state index contributed by atoms with van der Waals surface area (Å²) < 4.78 is 12.9. The van der Waals surface area contributed by atoms with E-state index in [0.29, 0.717) is 5.92 Å². The molecule has 2 rings (SSSR count). The third kappa shape index (κ3) is 9.28. The van der Waals surface area contributed by atoms with Gasteiger partial charge in [0.15, 0.2) is 0 Å². The molecule has 6 heteroatoms. The second-order valence-electron chi connectivity index (χ2n) is 9.99. The Kier molecular flexibility index (Phi) is 9.32. The molecule has 0 aromatic heterocycles. The number of hydrogen-bond acceptors (Lipinski definition) is 5. The Hall–Kier alpha value is -0.763. The standard InChI is InChI=1S/C23H43N3O2Si/c1-23(2,3)28-29(4,5)27-21(17-16-19-12-8-6-9-13-19)22(24)26(25)18-20-14-10-7-11-15-20/h6,8-9,12-13,20-22H,7,10-11,14-18,24-25H2,1-5H3/t21-,22?/m1/s1. The third-order valence-corrected chi connectivity index (χ3v) is 7.48. The molecule has 1 aliphatic carbocycles. The first kappa shape index (κ1) is 24.5. The molecule has 0 aliphatic heterocycles. The number of benzene rings is 1. The Morgan fingerprint density at radius 1 is 1.10 bits per heavy atom. The number of nitrogens with zero attached hydrogens (tertiary/aromatic N) is 1. The zero-order valence-corrected chi connectivity index (χ0v) is 20.2. The monoisotopic (exact) mass is 421 g/mol. The summed E-state index contributed by atoms with van der Waals surface area (Å²) in [6.45, 7) is 11.3. The highest BCUT2D eigenvalue weighted by atomic mass is 28.4. The molecule has 5 nitrogen and oxygen atoms in total. The molecule has 2 atom stereocenters. The molecule has 1 aromatic rings. The maximum atomic E-state index is 6.66. The Morgan fingerprint density at radius 2 is 1.72 bits per heavy atom. The zero-order valence-electron chi connectivity index (χ0n) is 19.2. The van der Waals surface area contributed by atoms with Gasteiger partial charge in [0.2, 0.25) is 0 Å². The van der Waals surface area contributed by atoms with Crippen LogP contribution in [0.1, 0.15) is 64.9 Å². The minimum absolute atomic E-state index is 0.159. The highest BCUT2D eigenvalue weighted by Gasteiger charge is 2.36. The molecule has 0 radical (unpaired) electrons. The molecule has 0 bridgehead atoms. The van der Waals surface area contributed by atoms with Crippen LogP contribution < -0.4 is 11.6 Å². The fourth-order valence-electron chi connectivity index (χ4n) is 4.38. The molecule has 1 fully saturated rings. The van der Waals surface area contributed by atoms with E-state index < -0.39 is 8.56 Å². The van der Waals surface area contributed by atoms with Crippen LogP contribution >= 0.6 is 0 Å². The van der Waals surface area contributed by atoms with E-state index in [0.717, 1.165) is 19.4 Å². The van der Waals surface area contributed by atoms with Crippen LogP contribution in [0.2, 0.25) is 13.1 Å². The van der Waals surface area contributed by atoms with Gasteiger partial charge in [0, 0.05) is 6.54 Å². The minimum Gasteiger partial charge on any atom is -0.390 e. The van der Waals surface area contributed by atoms with Crippen molar-refractivity contribution in [3.8, 4) is 0 Å². The van der Waals surface area contributed by atoms with Crippen LogP contribution in [0.25, 0.3) is 0 Å². The van der Waals surface area contributed by atoms with Gasteiger partial charge >= 0.3 is 8.56 Å². The molecule has 0 heterocycles. The van der Waals surface area contributed by atoms with Crippen molar-refractivity contribution in [2.75, 3.05) is 6.54 Å². The van der Waals surface area contributed by atoms with Gasteiger partial charge in [0.05, 0.1) is 17.9 Å². The van der Waals surface area contributed by atoms with Crippen molar-refractivity contribution in [3.05, 3.63) is 35.9 Å². The second kappa shape index (κ2) is 11.0. The van der Waals surface area contributed by atoms with Crippen molar-refractivity contribution < 1.29 is 8.85 Å². The van der Waals surface area contributed by atoms with Crippen molar-refractivity contribution in [1.82, 2.24) is 5.01 Å². The van der Waals surface area contributed by atoms with Crippen LogP contribution in [0, 0.1) is 5.92 Å². The summed E-state index contributed by atoms with van der Waals surface area (Å²) in [4.78, 5) is 0. The Balaban J connectivity index is 2.04. The number of aryl methyl sites for hydroxylation is 1. The molecule has 4 N–H and O–H groups in total. The molecule has 0 amide bonds. The highest BCUT2D eigenvalue weighted by molar-refractivity contribution is 6.64. The average molecular weight is 422 g/mol. The average Bonchev–Trinajstić information content (AvgIpc) is 2.64. The lowest BCUT2D eigenvalue weighted by atomic mass is 9.89. The Bertz CT molecular complexity index is 586. The van der Waals surface area contributed by atoms with Gasteiger partial charge in [-0.2, -0.15) is 0 Å². The molecular formula is C23H43N3O2Si. The molecule has 0 spiro atoms. The smallest absolute Gasteiger partial charge is 0.332 e.